The van der Waals surface area contributed by atoms with Crippen LogP contribution in [0, 0.1) is 6.92 Å². The summed E-state index contributed by atoms with van der Waals surface area (Å²) in [6.45, 7) is 2.04. The molecule has 2 aromatic heterocycles. The van der Waals surface area contributed by atoms with Gasteiger partial charge in [0.2, 0.25) is 5.88 Å². The highest BCUT2D eigenvalue weighted by Gasteiger charge is 2.19. The Balaban J connectivity index is 2.25. The molecular weight excluding hydrogens is 324 g/mol. The van der Waals surface area contributed by atoms with E-state index >= 15 is 0 Å². The number of rotatable bonds is 2. The van der Waals surface area contributed by atoms with E-state index in [0.717, 1.165) is 31.7 Å². The average molecular weight is 335 g/mol. The van der Waals surface area contributed by atoms with Gasteiger partial charge in [-0.25, -0.2) is 0 Å². The molecule has 0 bridgehead atoms. The fourth-order valence-corrected chi connectivity index (χ4v) is 3.15. The van der Waals surface area contributed by atoms with E-state index in [1.54, 1.807) is 11.3 Å². The zero-order chi connectivity index (χ0) is 13.4. The van der Waals surface area contributed by atoms with Crippen LogP contribution in [0.3, 0.4) is 0 Å². The van der Waals surface area contributed by atoms with Gasteiger partial charge in [-0.2, -0.15) is 0 Å². The molecule has 96 valence electrons. The molecule has 2 heterocycles. The SMILES string of the molecule is Cc1c(Br)cccc1-c1noc(N)c1-c1cccs1. The first-order chi connectivity index (χ1) is 9.18. The van der Waals surface area contributed by atoms with Crippen molar-refractivity contribution in [2.75, 3.05) is 5.73 Å². The third kappa shape index (κ3) is 2.09. The largest absolute Gasteiger partial charge is 0.367 e. The minimum absolute atomic E-state index is 0.358. The van der Waals surface area contributed by atoms with Gasteiger partial charge in [-0.3, -0.25) is 0 Å². The topological polar surface area (TPSA) is 52.0 Å². The lowest BCUT2D eigenvalue weighted by molar-refractivity contribution is 0.439. The summed E-state index contributed by atoms with van der Waals surface area (Å²) in [5, 5.41) is 6.14. The molecule has 3 nitrogen and oxygen atoms in total. The molecule has 5 heteroatoms. The van der Waals surface area contributed by atoms with Gasteiger partial charge in [0.05, 0.1) is 5.56 Å². The number of benzene rings is 1. The molecule has 0 aliphatic rings. The van der Waals surface area contributed by atoms with Crippen molar-refractivity contribution < 1.29 is 4.52 Å². The zero-order valence-electron chi connectivity index (χ0n) is 10.2. The predicted octanol–water partition coefficient (Wildman–Crippen LogP) is 4.72. The molecule has 0 amide bonds. The number of thiophene rings is 1. The summed E-state index contributed by atoms with van der Waals surface area (Å²) >= 11 is 5.16. The maximum absolute atomic E-state index is 5.92. The summed E-state index contributed by atoms with van der Waals surface area (Å²) in [5.74, 6) is 0.358. The number of nitrogens with zero attached hydrogens (tertiary/aromatic N) is 1. The summed E-state index contributed by atoms with van der Waals surface area (Å²) in [6.07, 6.45) is 0. The van der Waals surface area contributed by atoms with Gasteiger partial charge in [0.1, 0.15) is 5.69 Å². The highest BCUT2D eigenvalue weighted by Crippen LogP contribution is 2.40. The summed E-state index contributed by atoms with van der Waals surface area (Å²) in [6, 6.07) is 10.0. The van der Waals surface area contributed by atoms with Crippen LogP contribution >= 0.6 is 27.3 Å². The zero-order valence-corrected chi connectivity index (χ0v) is 12.6. The molecule has 2 N–H and O–H groups in total. The molecule has 0 saturated heterocycles. The van der Waals surface area contributed by atoms with E-state index in [2.05, 4.69) is 21.1 Å². The Morgan fingerprint density at radius 3 is 2.84 bits per heavy atom. The van der Waals surface area contributed by atoms with Gasteiger partial charge in [0.15, 0.2) is 0 Å². The van der Waals surface area contributed by atoms with E-state index in [-0.39, 0.29) is 0 Å². The molecule has 0 aliphatic heterocycles. The number of aromatic nitrogens is 1. The van der Waals surface area contributed by atoms with E-state index in [1.165, 1.54) is 0 Å². The van der Waals surface area contributed by atoms with E-state index in [1.807, 2.05) is 42.6 Å². The van der Waals surface area contributed by atoms with Gasteiger partial charge in [0.25, 0.3) is 0 Å². The Morgan fingerprint density at radius 2 is 2.11 bits per heavy atom. The van der Waals surface area contributed by atoms with Crippen LogP contribution in [0.1, 0.15) is 5.56 Å². The highest BCUT2D eigenvalue weighted by molar-refractivity contribution is 9.10. The summed E-state index contributed by atoms with van der Waals surface area (Å²) in [7, 11) is 0. The second-order valence-corrected chi connectivity index (χ2v) is 5.96. The third-order valence-electron chi connectivity index (χ3n) is 3.01. The van der Waals surface area contributed by atoms with Crippen LogP contribution in [0.2, 0.25) is 0 Å². The van der Waals surface area contributed by atoms with Gasteiger partial charge >= 0.3 is 0 Å². The molecule has 3 rings (SSSR count). The summed E-state index contributed by atoms with van der Waals surface area (Å²) < 4.78 is 6.23. The smallest absolute Gasteiger partial charge is 0.231 e. The van der Waals surface area contributed by atoms with Crippen molar-refractivity contribution in [1.29, 1.82) is 0 Å². The molecule has 0 radical (unpaired) electrons. The quantitative estimate of drug-likeness (QED) is 0.737. The van der Waals surface area contributed by atoms with Crippen LogP contribution in [0.5, 0.6) is 0 Å². The lowest BCUT2D eigenvalue weighted by Gasteiger charge is -2.06. The molecule has 0 aliphatic carbocycles. The molecule has 19 heavy (non-hydrogen) atoms. The normalized spacial score (nSPS) is 10.8. The fourth-order valence-electron chi connectivity index (χ4n) is 2.01. The number of hydrogen-bond donors (Lipinski definition) is 1. The lowest BCUT2D eigenvalue weighted by atomic mass is 10.0. The molecule has 1 aromatic carbocycles. The van der Waals surface area contributed by atoms with Crippen molar-refractivity contribution in [3.8, 4) is 21.7 Å². The first kappa shape index (κ1) is 12.4. The summed E-state index contributed by atoms with van der Waals surface area (Å²) in [5.41, 5.74) is 9.73. The van der Waals surface area contributed by atoms with Gasteiger partial charge in [-0.05, 0) is 30.0 Å². The second-order valence-electron chi connectivity index (χ2n) is 4.16. The molecule has 0 atom stereocenters. The fraction of sp³-hybridized carbons (Fsp3) is 0.0714. The van der Waals surface area contributed by atoms with Crippen LogP contribution in [0.15, 0.2) is 44.7 Å². The average Bonchev–Trinajstić information content (AvgIpc) is 3.02. The minimum Gasteiger partial charge on any atom is -0.367 e. The Morgan fingerprint density at radius 1 is 1.26 bits per heavy atom. The molecule has 0 unspecified atom stereocenters. The van der Waals surface area contributed by atoms with Crippen molar-refractivity contribution in [1.82, 2.24) is 5.16 Å². The Hall–Kier alpha value is -1.59. The van der Waals surface area contributed by atoms with Gasteiger partial charge < -0.3 is 10.3 Å². The van der Waals surface area contributed by atoms with Crippen LogP contribution in [-0.4, -0.2) is 5.16 Å². The monoisotopic (exact) mass is 334 g/mol. The minimum atomic E-state index is 0.358. The van der Waals surface area contributed by atoms with Crippen LogP contribution in [0.4, 0.5) is 5.88 Å². The first-order valence-corrected chi connectivity index (χ1v) is 7.40. The molecule has 3 aromatic rings. The lowest BCUT2D eigenvalue weighted by Crippen LogP contribution is -1.88. The predicted molar refractivity (Wildman–Crippen MR) is 82.1 cm³/mol. The highest BCUT2D eigenvalue weighted by atomic mass is 79.9. The van der Waals surface area contributed by atoms with Gasteiger partial charge in [0, 0.05) is 14.9 Å². The Bertz CT molecular complexity index is 719. The van der Waals surface area contributed by atoms with Gasteiger partial charge in [-0.1, -0.05) is 39.3 Å². The number of hydrogen-bond acceptors (Lipinski definition) is 4. The molecule has 0 spiro atoms. The van der Waals surface area contributed by atoms with Crippen molar-refractivity contribution in [3.63, 3.8) is 0 Å². The summed E-state index contributed by atoms with van der Waals surface area (Å²) in [4.78, 5) is 1.06. The Kier molecular flexibility index (Phi) is 3.16. The van der Waals surface area contributed by atoms with Crippen LogP contribution in [-0.2, 0) is 0 Å². The van der Waals surface area contributed by atoms with Crippen LogP contribution < -0.4 is 5.73 Å². The second kappa shape index (κ2) is 4.83. The maximum Gasteiger partial charge on any atom is 0.231 e. The number of nitrogens with two attached hydrogens (primary N) is 1. The van der Waals surface area contributed by atoms with Crippen molar-refractivity contribution in [2.45, 2.75) is 6.92 Å². The standard InChI is InChI=1S/C14H11BrN2OS/c1-8-9(4-2-5-10(8)15)13-12(14(16)18-17-13)11-6-3-7-19-11/h2-7H,16H2,1H3. The number of nitrogen functional groups attached to an aromatic ring is 1. The van der Waals surface area contributed by atoms with E-state index in [0.29, 0.717) is 5.88 Å². The Labute approximate surface area is 123 Å². The van der Waals surface area contributed by atoms with Gasteiger partial charge in [-0.15, -0.1) is 11.3 Å². The molecule has 0 saturated carbocycles. The van der Waals surface area contributed by atoms with Crippen molar-refractivity contribution in [2.24, 2.45) is 0 Å². The first-order valence-electron chi connectivity index (χ1n) is 5.73. The maximum atomic E-state index is 5.92. The molecular formula is C14H11BrN2OS. The molecule has 0 fully saturated rings. The van der Waals surface area contributed by atoms with E-state index in [9.17, 15) is 0 Å². The number of halogens is 1. The van der Waals surface area contributed by atoms with Crippen LogP contribution in [0.25, 0.3) is 21.7 Å². The van der Waals surface area contributed by atoms with Crippen molar-refractivity contribution in [3.05, 3.63) is 45.7 Å². The van der Waals surface area contributed by atoms with E-state index in [4.69, 9.17) is 10.3 Å². The van der Waals surface area contributed by atoms with E-state index < -0.39 is 0 Å². The third-order valence-corrected chi connectivity index (χ3v) is 4.76. The van der Waals surface area contributed by atoms with Crippen molar-refractivity contribution >= 4 is 33.2 Å². The number of anilines is 1.